The highest BCUT2D eigenvalue weighted by molar-refractivity contribution is 5.32. The standard InChI is InChI=1S/C13H19/c1-4-12-7-5-6-8-13(12)10-9-11(2)3/h5-8,10-11H,4,9H2,1-3H3. The van der Waals surface area contributed by atoms with Gasteiger partial charge >= 0.3 is 0 Å². The molecule has 0 nitrogen and oxygen atoms in total. The fourth-order valence-corrected chi connectivity index (χ4v) is 1.42. The minimum atomic E-state index is 0.755. The molecule has 0 unspecified atom stereocenters. The highest BCUT2D eigenvalue weighted by Crippen LogP contribution is 2.16. The van der Waals surface area contributed by atoms with Crippen LogP contribution in [0.3, 0.4) is 0 Å². The van der Waals surface area contributed by atoms with Crippen LogP contribution in [0.4, 0.5) is 0 Å². The molecule has 1 radical (unpaired) electrons. The van der Waals surface area contributed by atoms with Crippen molar-refractivity contribution in [2.75, 3.05) is 0 Å². The highest BCUT2D eigenvalue weighted by Gasteiger charge is 2.01. The molecule has 0 aliphatic heterocycles. The average Bonchev–Trinajstić information content (AvgIpc) is 2.15. The number of hydrogen-bond acceptors (Lipinski definition) is 0. The van der Waals surface area contributed by atoms with Crippen LogP contribution in [0.2, 0.25) is 0 Å². The summed E-state index contributed by atoms with van der Waals surface area (Å²) in [5, 5.41) is 0. The van der Waals surface area contributed by atoms with Crippen LogP contribution in [0.25, 0.3) is 0 Å². The first-order valence-corrected chi connectivity index (χ1v) is 5.15. The minimum Gasteiger partial charge on any atom is -0.0628 e. The van der Waals surface area contributed by atoms with E-state index < -0.39 is 0 Å². The van der Waals surface area contributed by atoms with Gasteiger partial charge in [0.2, 0.25) is 0 Å². The van der Waals surface area contributed by atoms with Gasteiger partial charge in [-0.25, -0.2) is 0 Å². The predicted molar refractivity (Wildman–Crippen MR) is 58.7 cm³/mol. The van der Waals surface area contributed by atoms with Crippen LogP contribution < -0.4 is 0 Å². The Balaban J connectivity index is 2.64. The molecule has 0 saturated carbocycles. The SMILES string of the molecule is CCc1ccccc1[CH]CC(C)C. The van der Waals surface area contributed by atoms with E-state index in [0.717, 1.165) is 12.3 Å². The summed E-state index contributed by atoms with van der Waals surface area (Å²) >= 11 is 0. The van der Waals surface area contributed by atoms with Crippen molar-refractivity contribution < 1.29 is 0 Å². The maximum absolute atomic E-state index is 2.35. The van der Waals surface area contributed by atoms with Gasteiger partial charge in [-0.1, -0.05) is 45.0 Å². The van der Waals surface area contributed by atoms with Crippen LogP contribution in [0.15, 0.2) is 24.3 Å². The van der Waals surface area contributed by atoms with Crippen molar-refractivity contribution in [3.63, 3.8) is 0 Å². The molecule has 0 heterocycles. The molecule has 1 aromatic carbocycles. The monoisotopic (exact) mass is 175 g/mol. The van der Waals surface area contributed by atoms with E-state index in [9.17, 15) is 0 Å². The van der Waals surface area contributed by atoms with Crippen molar-refractivity contribution in [1.82, 2.24) is 0 Å². The molecule has 0 fully saturated rings. The first-order valence-electron chi connectivity index (χ1n) is 5.15. The van der Waals surface area contributed by atoms with Crippen LogP contribution in [0.5, 0.6) is 0 Å². The lowest BCUT2D eigenvalue weighted by Gasteiger charge is -2.08. The van der Waals surface area contributed by atoms with Gasteiger partial charge in [0, 0.05) is 0 Å². The summed E-state index contributed by atoms with van der Waals surface area (Å²) < 4.78 is 0. The second-order valence-corrected chi connectivity index (χ2v) is 3.89. The summed E-state index contributed by atoms with van der Waals surface area (Å²) in [6.45, 7) is 6.72. The third-order valence-corrected chi connectivity index (χ3v) is 2.25. The lowest BCUT2D eigenvalue weighted by molar-refractivity contribution is 0.643. The number of hydrogen-bond donors (Lipinski definition) is 0. The first kappa shape index (κ1) is 10.3. The van der Waals surface area contributed by atoms with Crippen molar-refractivity contribution in [1.29, 1.82) is 0 Å². The van der Waals surface area contributed by atoms with Crippen molar-refractivity contribution in [3.8, 4) is 0 Å². The Kier molecular flexibility index (Phi) is 4.01. The normalized spacial score (nSPS) is 10.8. The van der Waals surface area contributed by atoms with Gasteiger partial charge in [-0.05, 0) is 36.3 Å². The Bertz CT molecular complexity index is 248. The van der Waals surface area contributed by atoms with Crippen LogP contribution in [0, 0.1) is 12.3 Å². The summed E-state index contributed by atoms with van der Waals surface area (Å²) in [6.07, 6.45) is 4.66. The van der Waals surface area contributed by atoms with Gasteiger partial charge < -0.3 is 0 Å². The van der Waals surface area contributed by atoms with Gasteiger partial charge in [-0.3, -0.25) is 0 Å². The van der Waals surface area contributed by atoms with E-state index in [4.69, 9.17) is 0 Å². The fourth-order valence-electron chi connectivity index (χ4n) is 1.42. The fraction of sp³-hybridized carbons (Fsp3) is 0.462. The molecule has 0 aliphatic rings. The lowest BCUT2D eigenvalue weighted by atomic mass is 9.97. The van der Waals surface area contributed by atoms with Gasteiger partial charge in [-0.15, -0.1) is 0 Å². The average molecular weight is 175 g/mol. The summed E-state index contributed by atoms with van der Waals surface area (Å²) in [5.74, 6) is 0.755. The zero-order chi connectivity index (χ0) is 9.68. The van der Waals surface area contributed by atoms with Crippen LogP contribution in [-0.2, 0) is 6.42 Å². The summed E-state index contributed by atoms with van der Waals surface area (Å²) in [6, 6.07) is 8.66. The third-order valence-electron chi connectivity index (χ3n) is 2.25. The molecule has 0 heteroatoms. The third kappa shape index (κ3) is 3.22. The summed E-state index contributed by atoms with van der Waals surface area (Å²) in [5.41, 5.74) is 2.88. The van der Waals surface area contributed by atoms with Crippen molar-refractivity contribution >= 4 is 0 Å². The van der Waals surface area contributed by atoms with Gasteiger partial charge in [-0.2, -0.15) is 0 Å². The van der Waals surface area contributed by atoms with E-state index in [2.05, 4.69) is 51.5 Å². The molecule has 13 heavy (non-hydrogen) atoms. The molecule has 0 atom stereocenters. The molecule has 1 aromatic rings. The Labute approximate surface area is 82.0 Å². The van der Waals surface area contributed by atoms with E-state index in [1.54, 1.807) is 0 Å². The predicted octanol–water partition coefficient (Wildman–Crippen LogP) is 3.85. The van der Waals surface area contributed by atoms with E-state index >= 15 is 0 Å². The molecular weight excluding hydrogens is 156 g/mol. The molecule has 0 spiro atoms. The molecule has 0 aromatic heterocycles. The Hall–Kier alpha value is -0.780. The van der Waals surface area contributed by atoms with Gasteiger partial charge in [0.15, 0.2) is 0 Å². The summed E-state index contributed by atoms with van der Waals surface area (Å²) in [4.78, 5) is 0. The van der Waals surface area contributed by atoms with E-state index in [1.807, 2.05) is 0 Å². The maximum atomic E-state index is 2.35. The number of rotatable bonds is 4. The van der Waals surface area contributed by atoms with E-state index in [1.165, 1.54) is 17.5 Å². The molecule has 0 saturated heterocycles. The van der Waals surface area contributed by atoms with Crippen LogP contribution in [-0.4, -0.2) is 0 Å². The molecule has 0 N–H and O–H groups in total. The van der Waals surface area contributed by atoms with Crippen molar-refractivity contribution in [3.05, 3.63) is 41.8 Å². The highest BCUT2D eigenvalue weighted by atomic mass is 14.1. The van der Waals surface area contributed by atoms with Crippen LogP contribution in [0.1, 0.15) is 38.3 Å². The van der Waals surface area contributed by atoms with Gasteiger partial charge in [0.1, 0.15) is 0 Å². The Morgan fingerprint density at radius 1 is 1.23 bits per heavy atom. The molecule has 1 rings (SSSR count). The Morgan fingerprint density at radius 2 is 1.92 bits per heavy atom. The van der Waals surface area contributed by atoms with Gasteiger partial charge in [0.05, 0.1) is 0 Å². The summed E-state index contributed by atoms with van der Waals surface area (Å²) in [7, 11) is 0. The second kappa shape index (κ2) is 5.06. The van der Waals surface area contributed by atoms with E-state index in [0.29, 0.717) is 0 Å². The largest absolute Gasteiger partial charge is 0.0628 e. The maximum Gasteiger partial charge on any atom is -0.00877 e. The Morgan fingerprint density at radius 3 is 2.54 bits per heavy atom. The zero-order valence-corrected chi connectivity index (χ0v) is 8.88. The van der Waals surface area contributed by atoms with Crippen LogP contribution >= 0.6 is 0 Å². The molecule has 0 aliphatic carbocycles. The first-order chi connectivity index (χ1) is 6.24. The van der Waals surface area contributed by atoms with Crippen molar-refractivity contribution in [2.45, 2.75) is 33.6 Å². The molecule has 0 amide bonds. The molecule has 0 bridgehead atoms. The van der Waals surface area contributed by atoms with E-state index in [-0.39, 0.29) is 0 Å². The molecular formula is C13H19. The second-order valence-electron chi connectivity index (χ2n) is 3.89. The smallest absolute Gasteiger partial charge is 0.00877 e. The number of aryl methyl sites for hydroxylation is 1. The zero-order valence-electron chi connectivity index (χ0n) is 8.88. The topological polar surface area (TPSA) is 0 Å². The quantitative estimate of drug-likeness (QED) is 0.652. The lowest BCUT2D eigenvalue weighted by Crippen LogP contribution is -1.93. The number of benzene rings is 1. The van der Waals surface area contributed by atoms with Gasteiger partial charge in [0.25, 0.3) is 0 Å². The minimum absolute atomic E-state index is 0.755. The van der Waals surface area contributed by atoms with Crippen molar-refractivity contribution in [2.24, 2.45) is 5.92 Å². The molecule has 71 valence electrons.